The van der Waals surface area contributed by atoms with Gasteiger partial charge in [-0.05, 0) is 37.3 Å². The summed E-state index contributed by atoms with van der Waals surface area (Å²) in [5.74, 6) is -0.658. The molecule has 0 heterocycles. The minimum Gasteiger partial charge on any atom is -0.321 e. The largest absolute Gasteiger partial charge is 0.321 e. The Morgan fingerprint density at radius 1 is 1.00 bits per heavy atom. The van der Waals surface area contributed by atoms with Crippen LogP contribution in [0.3, 0.4) is 0 Å². The van der Waals surface area contributed by atoms with Crippen LogP contribution in [0.5, 0.6) is 0 Å². The fourth-order valence-corrected chi connectivity index (χ4v) is 3.05. The average molecular weight is 346 g/mol. The number of nitrogens with zero attached hydrogens (tertiary/aromatic N) is 1. The number of hydrogen-bond donors (Lipinski definition) is 1. The van der Waals surface area contributed by atoms with Crippen molar-refractivity contribution in [1.82, 2.24) is 4.31 Å². The van der Waals surface area contributed by atoms with E-state index in [1.165, 1.54) is 45.3 Å². The van der Waals surface area contributed by atoms with Gasteiger partial charge in [0.2, 0.25) is 10.0 Å². The van der Waals surface area contributed by atoms with Crippen molar-refractivity contribution in [1.29, 1.82) is 0 Å². The Labute approximate surface area is 141 Å². The highest BCUT2D eigenvalue weighted by Gasteiger charge is 2.19. The zero-order chi connectivity index (χ0) is 17.9. The summed E-state index contributed by atoms with van der Waals surface area (Å²) in [5.41, 5.74) is 0.968. The van der Waals surface area contributed by atoms with Gasteiger partial charge in [-0.2, -0.15) is 0 Å². The molecule has 0 unspecified atom stereocenters. The van der Waals surface area contributed by atoms with E-state index in [4.69, 9.17) is 0 Å². The number of carbonyl (C=O) groups excluding carboxylic acids is 2. The van der Waals surface area contributed by atoms with Gasteiger partial charge in [-0.3, -0.25) is 9.59 Å². The Kier molecular flexibility index (Phi) is 5.16. The molecule has 1 N–H and O–H groups in total. The first-order chi connectivity index (χ1) is 11.2. The zero-order valence-corrected chi connectivity index (χ0v) is 14.4. The van der Waals surface area contributed by atoms with Gasteiger partial charge in [0.25, 0.3) is 5.91 Å². The number of sulfonamides is 1. The molecule has 0 fully saturated rings. The van der Waals surface area contributed by atoms with Crippen LogP contribution < -0.4 is 5.32 Å². The molecule has 2 aromatic rings. The highest BCUT2D eigenvalue weighted by Crippen LogP contribution is 2.19. The summed E-state index contributed by atoms with van der Waals surface area (Å²) >= 11 is 0. The number of nitrogens with one attached hydrogen (secondary N) is 1. The molecule has 0 saturated carbocycles. The maximum Gasteiger partial charge on any atom is 0.255 e. The molecule has 0 saturated heterocycles. The second kappa shape index (κ2) is 6.94. The molecule has 7 heteroatoms. The van der Waals surface area contributed by atoms with Gasteiger partial charge in [0.05, 0.1) is 10.6 Å². The number of amides is 1. The fourth-order valence-electron chi connectivity index (χ4n) is 2.10. The third kappa shape index (κ3) is 3.69. The third-order valence-corrected chi connectivity index (χ3v) is 5.24. The monoisotopic (exact) mass is 346 g/mol. The van der Waals surface area contributed by atoms with Gasteiger partial charge in [-0.25, -0.2) is 12.7 Å². The summed E-state index contributed by atoms with van der Waals surface area (Å²) < 4.78 is 25.4. The second-order valence-electron chi connectivity index (χ2n) is 5.37. The number of hydrogen-bond acceptors (Lipinski definition) is 4. The lowest BCUT2D eigenvalue weighted by molar-refractivity contribution is 0.101. The average Bonchev–Trinajstić information content (AvgIpc) is 2.55. The van der Waals surface area contributed by atoms with E-state index < -0.39 is 15.9 Å². The smallest absolute Gasteiger partial charge is 0.255 e. The van der Waals surface area contributed by atoms with E-state index in [9.17, 15) is 18.0 Å². The Balaban J connectivity index is 2.34. The van der Waals surface area contributed by atoms with Crippen molar-refractivity contribution in [3.63, 3.8) is 0 Å². The van der Waals surface area contributed by atoms with E-state index in [-0.39, 0.29) is 16.2 Å². The lowest BCUT2D eigenvalue weighted by atomic mass is 10.1. The molecule has 2 aromatic carbocycles. The van der Waals surface area contributed by atoms with Crippen LogP contribution in [0.25, 0.3) is 0 Å². The summed E-state index contributed by atoms with van der Waals surface area (Å²) in [6, 6.07) is 12.4. The highest BCUT2D eigenvalue weighted by molar-refractivity contribution is 7.89. The minimum absolute atomic E-state index is 0.0278. The first-order valence-electron chi connectivity index (χ1n) is 7.17. The SMILES string of the molecule is CC(=O)c1ccccc1NC(=O)c1cccc(S(=O)(=O)N(C)C)c1. The van der Waals surface area contributed by atoms with Crippen molar-refractivity contribution >= 4 is 27.4 Å². The van der Waals surface area contributed by atoms with Crippen molar-refractivity contribution in [3.8, 4) is 0 Å². The summed E-state index contributed by atoms with van der Waals surface area (Å²) in [7, 11) is -0.785. The van der Waals surface area contributed by atoms with E-state index in [1.807, 2.05) is 0 Å². The van der Waals surface area contributed by atoms with Gasteiger partial charge in [0.1, 0.15) is 0 Å². The molecule has 24 heavy (non-hydrogen) atoms. The predicted octanol–water partition coefficient (Wildman–Crippen LogP) is 2.39. The normalized spacial score (nSPS) is 11.3. The molecule has 6 nitrogen and oxygen atoms in total. The molecule has 126 valence electrons. The van der Waals surface area contributed by atoms with Crippen LogP contribution in [0.2, 0.25) is 0 Å². The van der Waals surface area contributed by atoms with Crippen LogP contribution >= 0.6 is 0 Å². The van der Waals surface area contributed by atoms with Crippen molar-refractivity contribution in [2.75, 3.05) is 19.4 Å². The lowest BCUT2D eigenvalue weighted by Gasteiger charge is -2.13. The molecule has 0 spiro atoms. The number of carbonyl (C=O) groups is 2. The van der Waals surface area contributed by atoms with Crippen LogP contribution in [0.1, 0.15) is 27.6 Å². The first-order valence-corrected chi connectivity index (χ1v) is 8.61. The van der Waals surface area contributed by atoms with Crippen molar-refractivity contribution in [3.05, 3.63) is 59.7 Å². The molecular weight excluding hydrogens is 328 g/mol. The molecule has 0 aliphatic rings. The minimum atomic E-state index is -3.63. The molecule has 0 aliphatic heterocycles. The molecule has 0 aliphatic carbocycles. The summed E-state index contributed by atoms with van der Waals surface area (Å²) in [4.78, 5) is 24.0. The van der Waals surface area contributed by atoms with Crippen molar-refractivity contribution in [2.45, 2.75) is 11.8 Å². The fraction of sp³-hybridized carbons (Fsp3) is 0.176. The molecule has 0 aromatic heterocycles. The van der Waals surface area contributed by atoms with Crippen molar-refractivity contribution in [2.24, 2.45) is 0 Å². The Morgan fingerprint density at radius 2 is 1.67 bits per heavy atom. The predicted molar refractivity (Wildman–Crippen MR) is 91.7 cm³/mol. The van der Waals surface area contributed by atoms with Crippen LogP contribution in [0.4, 0.5) is 5.69 Å². The van der Waals surface area contributed by atoms with E-state index >= 15 is 0 Å². The Bertz CT molecular complexity index is 889. The summed E-state index contributed by atoms with van der Waals surface area (Å²) in [6.07, 6.45) is 0. The van der Waals surface area contributed by atoms with Gasteiger partial charge in [0.15, 0.2) is 5.78 Å². The maximum absolute atomic E-state index is 12.4. The summed E-state index contributed by atoms with van der Waals surface area (Å²) in [5, 5.41) is 2.65. The van der Waals surface area contributed by atoms with Gasteiger partial charge in [0, 0.05) is 25.2 Å². The number of rotatable bonds is 5. The lowest BCUT2D eigenvalue weighted by Crippen LogP contribution is -2.23. The number of Topliss-reactive ketones (excluding diaryl/α,β-unsaturated/α-hetero) is 1. The van der Waals surface area contributed by atoms with E-state index in [0.29, 0.717) is 11.3 Å². The number of anilines is 1. The standard InChI is InChI=1S/C17H18N2O4S/c1-12(20)15-9-4-5-10-16(15)18-17(21)13-7-6-8-14(11-13)24(22,23)19(2)3/h4-11H,1-3H3,(H,18,21). The Morgan fingerprint density at radius 3 is 2.29 bits per heavy atom. The first kappa shape index (κ1) is 17.8. The second-order valence-corrected chi connectivity index (χ2v) is 7.52. The molecule has 0 radical (unpaired) electrons. The number of para-hydroxylation sites is 1. The van der Waals surface area contributed by atoms with Gasteiger partial charge in [-0.15, -0.1) is 0 Å². The molecule has 0 bridgehead atoms. The summed E-state index contributed by atoms with van der Waals surface area (Å²) in [6.45, 7) is 1.41. The van der Waals surface area contributed by atoms with E-state index in [0.717, 1.165) is 4.31 Å². The van der Waals surface area contributed by atoms with Crippen LogP contribution in [-0.2, 0) is 10.0 Å². The number of ketones is 1. The molecule has 0 atom stereocenters. The van der Waals surface area contributed by atoms with Gasteiger partial charge < -0.3 is 5.32 Å². The van der Waals surface area contributed by atoms with Crippen LogP contribution in [0, 0.1) is 0 Å². The highest BCUT2D eigenvalue weighted by atomic mass is 32.2. The van der Waals surface area contributed by atoms with Crippen LogP contribution in [0.15, 0.2) is 53.4 Å². The molecule has 1 amide bonds. The van der Waals surface area contributed by atoms with Gasteiger partial charge >= 0.3 is 0 Å². The van der Waals surface area contributed by atoms with E-state index in [2.05, 4.69) is 5.32 Å². The Hall–Kier alpha value is -2.51. The quantitative estimate of drug-likeness (QED) is 0.843. The van der Waals surface area contributed by atoms with Crippen molar-refractivity contribution < 1.29 is 18.0 Å². The maximum atomic E-state index is 12.4. The zero-order valence-electron chi connectivity index (χ0n) is 13.6. The molecule has 2 rings (SSSR count). The molecular formula is C17H18N2O4S. The third-order valence-electron chi connectivity index (χ3n) is 3.43. The van der Waals surface area contributed by atoms with Gasteiger partial charge in [-0.1, -0.05) is 18.2 Å². The van der Waals surface area contributed by atoms with E-state index in [1.54, 1.807) is 24.3 Å². The number of benzene rings is 2. The van der Waals surface area contributed by atoms with Crippen LogP contribution in [-0.4, -0.2) is 38.5 Å². The topological polar surface area (TPSA) is 83.5 Å².